The van der Waals surface area contributed by atoms with Crippen molar-refractivity contribution in [1.29, 1.82) is 0 Å². The highest BCUT2D eigenvalue weighted by atomic mass is 19.4. The van der Waals surface area contributed by atoms with Crippen molar-refractivity contribution < 1.29 is 13.2 Å². The summed E-state index contributed by atoms with van der Waals surface area (Å²) in [7, 11) is 0. The Hall–Kier alpha value is -2.22. The third-order valence-corrected chi connectivity index (χ3v) is 5.04. The highest BCUT2D eigenvalue weighted by Gasteiger charge is 2.31. The average Bonchev–Trinajstić information content (AvgIpc) is 2.85. The zero-order valence-corrected chi connectivity index (χ0v) is 14.9. The second kappa shape index (κ2) is 7.19. The molecule has 8 heteroatoms. The maximum absolute atomic E-state index is 12.9. The maximum Gasteiger partial charge on any atom is 0.416 e. The fourth-order valence-corrected chi connectivity index (χ4v) is 3.29. The lowest BCUT2D eigenvalue weighted by Gasteiger charge is -2.36. The summed E-state index contributed by atoms with van der Waals surface area (Å²) in [6, 6.07) is 5.48. The number of nitrogens with one attached hydrogen (secondary N) is 1. The predicted octanol–water partition coefficient (Wildman–Crippen LogP) is 2.63. The van der Waals surface area contributed by atoms with E-state index in [9.17, 15) is 18.0 Å². The van der Waals surface area contributed by atoms with Crippen molar-refractivity contribution in [1.82, 2.24) is 14.5 Å². The van der Waals surface area contributed by atoms with E-state index in [0.29, 0.717) is 25.3 Å². The molecule has 0 unspecified atom stereocenters. The van der Waals surface area contributed by atoms with Crippen molar-refractivity contribution in [2.75, 3.05) is 37.6 Å². The second-order valence-electron chi connectivity index (χ2n) is 6.67. The number of rotatable bonds is 4. The van der Waals surface area contributed by atoms with E-state index >= 15 is 0 Å². The highest BCUT2D eigenvalue weighted by Crippen LogP contribution is 2.31. The van der Waals surface area contributed by atoms with Gasteiger partial charge in [0, 0.05) is 56.3 Å². The van der Waals surface area contributed by atoms with Crippen LogP contribution in [0.25, 0.3) is 0 Å². The lowest BCUT2D eigenvalue weighted by molar-refractivity contribution is -0.137. The van der Waals surface area contributed by atoms with Gasteiger partial charge < -0.3 is 9.88 Å². The molecule has 2 heterocycles. The molecule has 5 nitrogen and oxygen atoms in total. The topological polar surface area (TPSA) is 44.3 Å². The van der Waals surface area contributed by atoms with Crippen LogP contribution in [-0.2, 0) is 12.7 Å². The van der Waals surface area contributed by atoms with E-state index in [0.717, 1.165) is 37.1 Å². The molecule has 0 spiro atoms. The number of alkyl halides is 3. The predicted molar refractivity (Wildman–Crippen MR) is 94.6 cm³/mol. The minimum atomic E-state index is -4.32. The molecular formula is C18H23F3N4O. The molecule has 0 radical (unpaired) electrons. The number of aromatic nitrogens is 2. The molecule has 1 saturated heterocycles. The Bertz CT molecular complexity index is 817. The van der Waals surface area contributed by atoms with Crippen molar-refractivity contribution in [3.05, 3.63) is 51.7 Å². The summed E-state index contributed by atoms with van der Waals surface area (Å²) in [6.07, 6.45) is -4.32. The van der Waals surface area contributed by atoms with Crippen molar-refractivity contribution in [3.8, 4) is 0 Å². The quantitative estimate of drug-likeness (QED) is 0.902. The van der Waals surface area contributed by atoms with Crippen LogP contribution in [0.4, 0.5) is 18.9 Å². The summed E-state index contributed by atoms with van der Waals surface area (Å²) in [5.41, 5.74) is 1.72. The van der Waals surface area contributed by atoms with Crippen LogP contribution in [0.2, 0.25) is 0 Å². The molecule has 1 aromatic carbocycles. The Kier molecular flexibility index (Phi) is 5.13. The van der Waals surface area contributed by atoms with Crippen molar-refractivity contribution in [2.24, 2.45) is 0 Å². The van der Waals surface area contributed by atoms with Crippen LogP contribution in [0.15, 0.2) is 29.1 Å². The average molecular weight is 368 g/mol. The van der Waals surface area contributed by atoms with Crippen LogP contribution in [-0.4, -0.2) is 47.2 Å². The van der Waals surface area contributed by atoms with Gasteiger partial charge in [-0.05, 0) is 32.0 Å². The first kappa shape index (κ1) is 18.6. The molecule has 2 aromatic rings. The smallest absolute Gasteiger partial charge is 0.369 e. The molecule has 0 atom stereocenters. The molecule has 1 aromatic heterocycles. The summed E-state index contributed by atoms with van der Waals surface area (Å²) in [5.74, 6) is 0. The molecule has 0 aliphatic carbocycles. The van der Waals surface area contributed by atoms with Gasteiger partial charge >= 0.3 is 11.9 Å². The van der Waals surface area contributed by atoms with E-state index < -0.39 is 11.7 Å². The van der Waals surface area contributed by atoms with E-state index in [1.54, 1.807) is 10.6 Å². The number of aryl methyl sites for hydroxylation is 1. The van der Waals surface area contributed by atoms with Gasteiger partial charge in [-0.25, -0.2) is 4.79 Å². The Labute approximate surface area is 150 Å². The number of imidazole rings is 1. The van der Waals surface area contributed by atoms with Crippen LogP contribution < -0.4 is 10.6 Å². The van der Waals surface area contributed by atoms with Crippen LogP contribution in [0.1, 0.15) is 17.0 Å². The van der Waals surface area contributed by atoms with Crippen molar-refractivity contribution in [2.45, 2.75) is 26.6 Å². The summed E-state index contributed by atoms with van der Waals surface area (Å²) in [4.78, 5) is 18.9. The first-order valence-electron chi connectivity index (χ1n) is 8.66. The van der Waals surface area contributed by atoms with Crippen LogP contribution in [0.5, 0.6) is 0 Å². The van der Waals surface area contributed by atoms with Crippen LogP contribution in [0, 0.1) is 13.8 Å². The molecule has 0 amide bonds. The fourth-order valence-electron chi connectivity index (χ4n) is 3.29. The molecule has 1 N–H and O–H groups in total. The van der Waals surface area contributed by atoms with E-state index in [2.05, 4.69) is 9.88 Å². The number of hydrogen-bond donors (Lipinski definition) is 1. The van der Waals surface area contributed by atoms with Crippen molar-refractivity contribution in [3.63, 3.8) is 0 Å². The second-order valence-corrected chi connectivity index (χ2v) is 6.67. The standard InChI is InChI=1S/C18H23F3N4O/c1-13-14(2)25(17(26)22-13)11-8-23-6-9-24(10-7-23)16-5-3-4-15(12-16)18(19,20)21/h3-5,12H,6-11H2,1-2H3,(H,22,26). The first-order valence-corrected chi connectivity index (χ1v) is 8.66. The minimum absolute atomic E-state index is 0.0948. The number of benzene rings is 1. The zero-order chi connectivity index (χ0) is 18.9. The molecular weight excluding hydrogens is 345 g/mol. The first-order chi connectivity index (χ1) is 12.3. The van der Waals surface area contributed by atoms with Crippen LogP contribution >= 0.6 is 0 Å². The molecule has 1 aliphatic rings. The SMILES string of the molecule is Cc1[nH]c(=O)n(CCN2CCN(c3cccc(C(F)(F)F)c3)CC2)c1C. The zero-order valence-electron chi connectivity index (χ0n) is 14.9. The number of hydrogen-bond acceptors (Lipinski definition) is 3. The lowest BCUT2D eigenvalue weighted by atomic mass is 10.1. The molecule has 0 bridgehead atoms. The third kappa shape index (κ3) is 3.95. The van der Waals surface area contributed by atoms with Gasteiger partial charge in [0.2, 0.25) is 0 Å². The Balaban J connectivity index is 1.57. The fraction of sp³-hybridized carbons (Fsp3) is 0.500. The molecule has 1 fully saturated rings. The lowest BCUT2D eigenvalue weighted by Crippen LogP contribution is -2.47. The summed E-state index contributed by atoms with van der Waals surface area (Å²) in [6.45, 7) is 8.00. The van der Waals surface area contributed by atoms with Gasteiger partial charge in [0.15, 0.2) is 0 Å². The third-order valence-electron chi connectivity index (χ3n) is 5.04. The normalized spacial score (nSPS) is 16.3. The Morgan fingerprint density at radius 3 is 2.35 bits per heavy atom. The summed E-state index contributed by atoms with van der Waals surface area (Å²) in [5, 5.41) is 0. The van der Waals surface area contributed by atoms with Gasteiger partial charge in [0.05, 0.1) is 5.56 Å². The van der Waals surface area contributed by atoms with Gasteiger partial charge in [-0.15, -0.1) is 0 Å². The molecule has 142 valence electrons. The molecule has 0 saturated carbocycles. The summed E-state index contributed by atoms with van der Waals surface area (Å²) < 4.78 is 40.3. The highest BCUT2D eigenvalue weighted by molar-refractivity contribution is 5.49. The number of H-pyrrole nitrogens is 1. The van der Waals surface area contributed by atoms with Crippen molar-refractivity contribution >= 4 is 5.69 Å². The number of aromatic amines is 1. The number of piperazine rings is 1. The maximum atomic E-state index is 12.9. The number of anilines is 1. The molecule has 3 rings (SSSR count). The van der Waals surface area contributed by atoms with E-state index in [-0.39, 0.29) is 5.69 Å². The van der Waals surface area contributed by atoms with Gasteiger partial charge in [-0.1, -0.05) is 6.07 Å². The molecule has 26 heavy (non-hydrogen) atoms. The monoisotopic (exact) mass is 368 g/mol. The summed E-state index contributed by atoms with van der Waals surface area (Å²) >= 11 is 0. The van der Waals surface area contributed by atoms with E-state index in [4.69, 9.17) is 0 Å². The Morgan fingerprint density at radius 1 is 1.08 bits per heavy atom. The minimum Gasteiger partial charge on any atom is -0.369 e. The number of nitrogens with zero attached hydrogens (tertiary/aromatic N) is 3. The van der Waals surface area contributed by atoms with E-state index in [1.807, 2.05) is 18.7 Å². The number of halogens is 3. The van der Waals surface area contributed by atoms with Gasteiger partial charge in [-0.2, -0.15) is 13.2 Å². The van der Waals surface area contributed by atoms with Gasteiger partial charge in [0.1, 0.15) is 0 Å². The largest absolute Gasteiger partial charge is 0.416 e. The molecule has 1 aliphatic heterocycles. The Morgan fingerprint density at radius 2 is 1.77 bits per heavy atom. The van der Waals surface area contributed by atoms with Gasteiger partial charge in [-0.3, -0.25) is 9.47 Å². The van der Waals surface area contributed by atoms with E-state index in [1.165, 1.54) is 12.1 Å². The van der Waals surface area contributed by atoms with Gasteiger partial charge in [0.25, 0.3) is 0 Å². The van der Waals surface area contributed by atoms with Crippen LogP contribution in [0.3, 0.4) is 0 Å².